The molecule has 0 amide bonds. The Morgan fingerprint density at radius 1 is 1.50 bits per heavy atom. The third-order valence-electron chi connectivity index (χ3n) is 2.21. The maximum Gasteiger partial charge on any atom is 0.150 e. The van der Waals surface area contributed by atoms with Gasteiger partial charge in [-0.2, -0.15) is 5.10 Å². The van der Waals surface area contributed by atoms with E-state index >= 15 is 0 Å². The minimum atomic E-state index is 0.721. The fraction of sp³-hybridized carbons (Fsp3) is 0.400. The predicted octanol–water partition coefficient (Wildman–Crippen LogP) is 3.44. The topological polar surface area (TPSA) is 30.7 Å². The molecule has 2 aromatic rings. The molecule has 0 bridgehead atoms. The van der Waals surface area contributed by atoms with Crippen LogP contribution in [-0.2, 0) is 12.8 Å². The summed E-state index contributed by atoms with van der Waals surface area (Å²) in [6, 6.07) is 0. The molecule has 6 heteroatoms. The average molecular weight is 274 g/mol. The molecule has 0 aromatic carbocycles. The van der Waals surface area contributed by atoms with Gasteiger partial charge in [0.05, 0.1) is 5.69 Å². The quantitative estimate of drug-likeness (QED) is 0.803. The summed E-state index contributed by atoms with van der Waals surface area (Å²) in [4.78, 5) is 4.40. The molecule has 2 aromatic heterocycles. The van der Waals surface area contributed by atoms with Crippen molar-refractivity contribution < 1.29 is 0 Å². The van der Waals surface area contributed by atoms with Crippen molar-refractivity contribution in [2.24, 2.45) is 7.05 Å². The van der Waals surface area contributed by atoms with Gasteiger partial charge in [-0.25, -0.2) is 4.98 Å². The largest absolute Gasteiger partial charge is 0.257 e. The summed E-state index contributed by atoms with van der Waals surface area (Å²) in [7, 11) is 1.86. The van der Waals surface area contributed by atoms with E-state index in [0.29, 0.717) is 0 Å². The van der Waals surface area contributed by atoms with Crippen molar-refractivity contribution in [3.05, 3.63) is 27.5 Å². The molecule has 2 rings (SSSR count). The third kappa shape index (κ3) is 2.42. The lowest BCUT2D eigenvalue weighted by molar-refractivity contribution is 0.757. The van der Waals surface area contributed by atoms with Crippen molar-refractivity contribution in [1.29, 1.82) is 0 Å². The molecular weight excluding hydrogens is 262 g/mol. The smallest absolute Gasteiger partial charge is 0.150 e. The van der Waals surface area contributed by atoms with Crippen LogP contribution >= 0.6 is 34.7 Å². The summed E-state index contributed by atoms with van der Waals surface area (Å²) in [5.74, 6) is 0.825. The van der Waals surface area contributed by atoms with Gasteiger partial charge in [-0.1, -0.05) is 23.4 Å². The van der Waals surface area contributed by atoms with Crippen molar-refractivity contribution in [3.63, 3.8) is 0 Å². The fourth-order valence-electron chi connectivity index (χ4n) is 1.37. The van der Waals surface area contributed by atoms with Crippen LogP contribution in [0.1, 0.15) is 17.0 Å². The number of halogens is 1. The van der Waals surface area contributed by atoms with Crippen LogP contribution < -0.4 is 0 Å². The monoisotopic (exact) mass is 273 g/mol. The van der Waals surface area contributed by atoms with Crippen LogP contribution in [0.2, 0.25) is 5.15 Å². The first-order valence-electron chi connectivity index (χ1n) is 4.81. The summed E-state index contributed by atoms with van der Waals surface area (Å²) in [6.07, 6.45) is 0. The third-order valence-corrected chi connectivity index (χ3v) is 4.85. The number of nitrogens with zero attached hydrogens (tertiary/aromatic N) is 3. The summed E-state index contributed by atoms with van der Waals surface area (Å²) >= 11 is 9.53. The van der Waals surface area contributed by atoms with Crippen molar-refractivity contribution >= 4 is 34.7 Å². The lowest BCUT2D eigenvalue weighted by Crippen LogP contribution is -1.89. The second-order valence-corrected chi connectivity index (χ2v) is 5.96. The van der Waals surface area contributed by atoms with E-state index in [2.05, 4.69) is 15.5 Å². The zero-order valence-corrected chi connectivity index (χ0v) is 11.7. The Hall–Kier alpha value is -0.520. The normalized spacial score (nSPS) is 11.0. The second kappa shape index (κ2) is 4.77. The summed E-state index contributed by atoms with van der Waals surface area (Å²) in [5.41, 5.74) is 3.16. The molecule has 0 fully saturated rings. The Kier molecular flexibility index (Phi) is 3.56. The van der Waals surface area contributed by atoms with Crippen LogP contribution in [0, 0.1) is 13.8 Å². The lowest BCUT2D eigenvalue weighted by Gasteiger charge is -1.98. The average Bonchev–Trinajstić information content (AvgIpc) is 2.72. The van der Waals surface area contributed by atoms with Gasteiger partial charge in [0.15, 0.2) is 0 Å². The molecule has 0 atom stereocenters. The molecule has 0 saturated carbocycles. The van der Waals surface area contributed by atoms with Gasteiger partial charge in [-0.15, -0.1) is 11.3 Å². The molecule has 0 N–H and O–H groups in total. The number of rotatable bonds is 3. The summed E-state index contributed by atoms with van der Waals surface area (Å²) in [5, 5.41) is 7.06. The number of thioether (sulfide) groups is 1. The van der Waals surface area contributed by atoms with Gasteiger partial charge in [-0.05, 0) is 13.8 Å². The molecule has 0 aliphatic heterocycles. The Labute approximate surface area is 108 Å². The maximum atomic E-state index is 6.16. The number of thiazole rings is 1. The predicted molar refractivity (Wildman–Crippen MR) is 69.4 cm³/mol. The number of aryl methyl sites for hydroxylation is 3. The van der Waals surface area contributed by atoms with Crippen LogP contribution in [0.25, 0.3) is 0 Å². The van der Waals surface area contributed by atoms with Gasteiger partial charge < -0.3 is 0 Å². The van der Waals surface area contributed by atoms with E-state index in [-0.39, 0.29) is 0 Å². The Balaban J connectivity index is 2.10. The molecule has 2 heterocycles. The Morgan fingerprint density at radius 3 is 2.75 bits per heavy atom. The number of aromatic nitrogens is 3. The van der Waals surface area contributed by atoms with E-state index in [1.54, 1.807) is 27.8 Å². The van der Waals surface area contributed by atoms with E-state index in [4.69, 9.17) is 11.6 Å². The van der Waals surface area contributed by atoms with E-state index in [9.17, 15) is 0 Å². The van der Waals surface area contributed by atoms with Crippen molar-refractivity contribution in [1.82, 2.24) is 14.8 Å². The first-order chi connectivity index (χ1) is 7.58. The minimum absolute atomic E-state index is 0.721. The molecule has 3 nitrogen and oxygen atoms in total. The molecular formula is C10H12ClN3S2. The highest BCUT2D eigenvalue weighted by Gasteiger charge is 2.12. The van der Waals surface area contributed by atoms with Crippen LogP contribution in [0.4, 0.5) is 0 Å². The fourth-order valence-corrected chi connectivity index (χ4v) is 3.63. The van der Waals surface area contributed by atoms with Crippen LogP contribution in [0.15, 0.2) is 9.72 Å². The standard InChI is InChI=1S/C10H12ClN3S2/c1-6-4-15-10(12-6)16-5-8-7(2)13-14(3)9(8)11/h4H,5H2,1-3H3. The first-order valence-corrected chi connectivity index (χ1v) is 7.05. The highest BCUT2D eigenvalue weighted by molar-refractivity contribution is 8.00. The van der Waals surface area contributed by atoms with Crippen LogP contribution in [0.3, 0.4) is 0 Å². The summed E-state index contributed by atoms with van der Waals surface area (Å²) < 4.78 is 2.79. The minimum Gasteiger partial charge on any atom is -0.257 e. The van der Waals surface area contributed by atoms with Gasteiger partial charge >= 0.3 is 0 Å². The highest BCUT2D eigenvalue weighted by atomic mass is 35.5. The van der Waals surface area contributed by atoms with Crippen LogP contribution in [0.5, 0.6) is 0 Å². The summed E-state index contributed by atoms with van der Waals surface area (Å²) in [6.45, 7) is 3.98. The molecule has 0 unspecified atom stereocenters. The first kappa shape index (κ1) is 12.0. The van der Waals surface area contributed by atoms with Gasteiger partial charge in [0.25, 0.3) is 0 Å². The van der Waals surface area contributed by atoms with Crippen molar-refractivity contribution in [2.75, 3.05) is 0 Å². The van der Waals surface area contributed by atoms with E-state index in [0.717, 1.165) is 32.2 Å². The van der Waals surface area contributed by atoms with Gasteiger partial charge in [-0.3, -0.25) is 4.68 Å². The van der Waals surface area contributed by atoms with Gasteiger partial charge in [0.1, 0.15) is 9.49 Å². The zero-order valence-electron chi connectivity index (χ0n) is 9.32. The number of hydrogen-bond acceptors (Lipinski definition) is 4. The Bertz CT molecular complexity index is 504. The molecule has 0 radical (unpaired) electrons. The molecule has 86 valence electrons. The molecule has 0 spiro atoms. The maximum absolute atomic E-state index is 6.16. The highest BCUT2D eigenvalue weighted by Crippen LogP contribution is 2.30. The molecule has 0 aliphatic rings. The Morgan fingerprint density at radius 2 is 2.25 bits per heavy atom. The molecule has 0 saturated heterocycles. The van der Waals surface area contributed by atoms with Crippen LogP contribution in [-0.4, -0.2) is 14.8 Å². The van der Waals surface area contributed by atoms with Gasteiger partial charge in [0, 0.05) is 29.4 Å². The van der Waals surface area contributed by atoms with E-state index in [1.807, 2.05) is 20.9 Å². The zero-order chi connectivity index (χ0) is 11.7. The SMILES string of the molecule is Cc1csc(SCc2c(C)nn(C)c2Cl)n1. The van der Waals surface area contributed by atoms with E-state index in [1.165, 1.54) is 0 Å². The number of hydrogen-bond donors (Lipinski definition) is 0. The van der Waals surface area contributed by atoms with Gasteiger partial charge in [0.2, 0.25) is 0 Å². The van der Waals surface area contributed by atoms with Crippen molar-refractivity contribution in [2.45, 2.75) is 23.9 Å². The lowest BCUT2D eigenvalue weighted by atomic mass is 10.3. The van der Waals surface area contributed by atoms with E-state index < -0.39 is 0 Å². The second-order valence-electron chi connectivity index (χ2n) is 3.52. The molecule has 0 aliphatic carbocycles. The molecule has 16 heavy (non-hydrogen) atoms. The van der Waals surface area contributed by atoms with Crippen molar-refractivity contribution in [3.8, 4) is 0 Å².